The van der Waals surface area contributed by atoms with Crippen LogP contribution in [0, 0.1) is 11.2 Å². The van der Waals surface area contributed by atoms with E-state index in [4.69, 9.17) is 4.74 Å². The molecule has 10 nitrogen and oxygen atoms in total. The Hall–Kier alpha value is -4.12. The smallest absolute Gasteiger partial charge is 0.264 e. The van der Waals surface area contributed by atoms with Crippen molar-refractivity contribution in [3.8, 4) is 11.6 Å². The zero-order valence-corrected chi connectivity index (χ0v) is 22.9. The standard InChI is InChI=1S/C30H33FN6O4/c1-29(11-9-23(10-12-29)41-25-4-2-3-15-32-25)28(39)35-16-13-30(40,14-17-35)19-36-20-33-26-24(27(36)38)18-34-37(26)22-7-5-21(31)6-8-22/h2-8,15,18,20,23,40H,9-14,16-17,19H2,1H3/t23-,29-. The average molecular weight is 561 g/mol. The second kappa shape index (κ2) is 10.7. The molecule has 1 N–H and O–H groups in total. The molecule has 41 heavy (non-hydrogen) atoms. The summed E-state index contributed by atoms with van der Waals surface area (Å²) in [5, 5.41) is 16.0. The highest BCUT2D eigenvalue weighted by Crippen LogP contribution is 2.40. The molecule has 1 amide bonds. The van der Waals surface area contributed by atoms with Crippen LogP contribution in [0.1, 0.15) is 45.4 Å². The Morgan fingerprint density at radius 2 is 1.80 bits per heavy atom. The lowest BCUT2D eigenvalue weighted by atomic mass is 9.73. The van der Waals surface area contributed by atoms with E-state index >= 15 is 0 Å². The fourth-order valence-electron chi connectivity index (χ4n) is 5.96. The number of fused-ring (bicyclic) bond motifs is 1. The largest absolute Gasteiger partial charge is 0.474 e. The van der Waals surface area contributed by atoms with E-state index in [1.54, 1.807) is 18.3 Å². The van der Waals surface area contributed by atoms with Gasteiger partial charge in [-0.2, -0.15) is 5.10 Å². The Morgan fingerprint density at radius 1 is 1.07 bits per heavy atom. The number of hydrogen-bond acceptors (Lipinski definition) is 7. The number of ether oxygens (including phenoxy) is 1. The Bertz CT molecular complexity index is 1590. The molecule has 1 aliphatic heterocycles. The van der Waals surface area contributed by atoms with Gasteiger partial charge in [0.15, 0.2) is 5.65 Å². The van der Waals surface area contributed by atoms with Crippen LogP contribution in [0.25, 0.3) is 16.7 Å². The molecular weight excluding hydrogens is 527 g/mol. The molecular formula is C30H33FN6O4. The fourth-order valence-corrected chi connectivity index (χ4v) is 5.96. The van der Waals surface area contributed by atoms with Gasteiger partial charge in [0.05, 0.1) is 24.0 Å². The first-order valence-corrected chi connectivity index (χ1v) is 14.0. The van der Waals surface area contributed by atoms with Crippen LogP contribution in [0.3, 0.4) is 0 Å². The van der Waals surface area contributed by atoms with Gasteiger partial charge in [0.1, 0.15) is 23.6 Å². The van der Waals surface area contributed by atoms with E-state index in [0.29, 0.717) is 48.5 Å². The molecule has 6 rings (SSSR count). The number of benzene rings is 1. The van der Waals surface area contributed by atoms with Gasteiger partial charge in [-0.3, -0.25) is 14.2 Å². The first kappa shape index (κ1) is 27.1. The van der Waals surface area contributed by atoms with Crippen molar-refractivity contribution in [1.29, 1.82) is 0 Å². The zero-order valence-electron chi connectivity index (χ0n) is 22.9. The molecule has 1 saturated heterocycles. The van der Waals surface area contributed by atoms with Gasteiger partial charge in [0.2, 0.25) is 11.8 Å². The zero-order chi connectivity index (χ0) is 28.6. The fraction of sp³-hybridized carbons (Fsp3) is 0.433. The highest BCUT2D eigenvalue weighted by molar-refractivity contribution is 5.82. The topological polar surface area (TPSA) is 115 Å². The summed E-state index contributed by atoms with van der Waals surface area (Å²) >= 11 is 0. The van der Waals surface area contributed by atoms with E-state index in [9.17, 15) is 19.1 Å². The molecule has 0 radical (unpaired) electrons. The van der Waals surface area contributed by atoms with Crippen molar-refractivity contribution in [2.75, 3.05) is 13.1 Å². The summed E-state index contributed by atoms with van der Waals surface area (Å²) in [4.78, 5) is 37.3. The number of piperidine rings is 1. The summed E-state index contributed by atoms with van der Waals surface area (Å²) in [5.41, 5.74) is -0.968. The van der Waals surface area contributed by atoms with Crippen molar-refractivity contribution in [1.82, 2.24) is 29.2 Å². The number of amides is 1. The Kier molecular flexibility index (Phi) is 7.06. The van der Waals surface area contributed by atoms with Crippen LogP contribution in [0.4, 0.5) is 4.39 Å². The molecule has 4 aromatic rings. The minimum absolute atomic E-state index is 0.0456. The van der Waals surface area contributed by atoms with Crippen LogP contribution in [-0.4, -0.2) is 65.0 Å². The highest BCUT2D eigenvalue weighted by Gasteiger charge is 2.43. The van der Waals surface area contributed by atoms with Crippen LogP contribution in [-0.2, 0) is 11.3 Å². The van der Waals surface area contributed by atoms with E-state index in [2.05, 4.69) is 15.1 Å². The minimum atomic E-state index is -1.14. The highest BCUT2D eigenvalue weighted by atomic mass is 19.1. The molecule has 0 bridgehead atoms. The molecule has 1 aromatic carbocycles. The quantitative estimate of drug-likeness (QED) is 0.384. The maximum atomic E-state index is 13.5. The second-order valence-corrected chi connectivity index (χ2v) is 11.5. The SMILES string of the molecule is C[C@]1(C(=O)N2CCC(O)(Cn3cnc4c(cnn4-c4ccc(F)cc4)c3=O)CC2)CC[C@H](Oc2ccccn2)CC1. The summed E-state index contributed by atoms with van der Waals surface area (Å²) in [7, 11) is 0. The number of halogens is 1. The van der Waals surface area contributed by atoms with Gasteiger partial charge >= 0.3 is 0 Å². The monoisotopic (exact) mass is 560 g/mol. The summed E-state index contributed by atoms with van der Waals surface area (Å²) in [6.45, 7) is 2.94. The molecule has 0 spiro atoms. The number of carbonyl (C=O) groups excluding carboxylic acids is 1. The van der Waals surface area contributed by atoms with Crippen molar-refractivity contribution in [3.63, 3.8) is 0 Å². The molecule has 1 saturated carbocycles. The lowest BCUT2D eigenvalue weighted by Crippen LogP contribution is -2.53. The number of hydrogen-bond donors (Lipinski definition) is 1. The molecule has 2 fully saturated rings. The van der Waals surface area contributed by atoms with Gasteiger partial charge in [-0.25, -0.2) is 19.0 Å². The van der Waals surface area contributed by atoms with E-state index in [0.717, 1.165) is 25.7 Å². The van der Waals surface area contributed by atoms with Crippen LogP contribution in [0.2, 0.25) is 0 Å². The Labute approximate surface area is 236 Å². The van der Waals surface area contributed by atoms with Crippen LogP contribution >= 0.6 is 0 Å². The third-order valence-electron chi connectivity index (χ3n) is 8.55. The molecule has 2 aliphatic rings. The van der Waals surface area contributed by atoms with Gasteiger partial charge in [0.25, 0.3) is 5.56 Å². The average Bonchev–Trinajstić information content (AvgIpc) is 3.42. The van der Waals surface area contributed by atoms with Crippen LogP contribution in [0.5, 0.6) is 5.88 Å². The minimum Gasteiger partial charge on any atom is -0.474 e. The maximum absolute atomic E-state index is 13.5. The third-order valence-corrected chi connectivity index (χ3v) is 8.55. The number of nitrogens with zero attached hydrogens (tertiary/aromatic N) is 6. The van der Waals surface area contributed by atoms with Crippen molar-refractivity contribution >= 4 is 16.9 Å². The Morgan fingerprint density at radius 3 is 2.49 bits per heavy atom. The molecule has 4 heterocycles. The number of aliphatic hydroxyl groups is 1. The van der Waals surface area contributed by atoms with E-state index in [1.165, 1.54) is 33.9 Å². The maximum Gasteiger partial charge on any atom is 0.264 e. The van der Waals surface area contributed by atoms with E-state index in [-0.39, 0.29) is 29.9 Å². The van der Waals surface area contributed by atoms with Gasteiger partial charge < -0.3 is 14.7 Å². The van der Waals surface area contributed by atoms with Gasteiger partial charge in [-0.05, 0) is 68.9 Å². The molecule has 214 valence electrons. The number of pyridine rings is 1. The normalized spacial score (nSPS) is 22.5. The molecule has 0 unspecified atom stereocenters. The van der Waals surface area contributed by atoms with Gasteiger partial charge in [0, 0.05) is 30.8 Å². The summed E-state index contributed by atoms with van der Waals surface area (Å²) in [6.07, 6.45) is 8.36. The Balaban J connectivity index is 1.07. The van der Waals surface area contributed by atoms with E-state index in [1.807, 2.05) is 30.0 Å². The van der Waals surface area contributed by atoms with Crippen LogP contribution < -0.4 is 10.3 Å². The second-order valence-electron chi connectivity index (χ2n) is 11.5. The molecule has 11 heteroatoms. The van der Waals surface area contributed by atoms with E-state index < -0.39 is 11.0 Å². The van der Waals surface area contributed by atoms with Crippen molar-refractivity contribution < 1.29 is 19.0 Å². The molecule has 3 aromatic heterocycles. The number of carbonyl (C=O) groups is 1. The van der Waals surface area contributed by atoms with Crippen LogP contribution in [0.15, 0.2) is 66.0 Å². The third kappa shape index (κ3) is 5.46. The number of aromatic nitrogens is 5. The van der Waals surface area contributed by atoms with Crippen molar-refractivity contribution in [2.45, 2.75) is 63.7 Å². The number of likely N-dealkylation sites (tertiary alicyclic amines) is 1. The lowest BCUT2D eigenvalue weighted by Gasteiger charge is -2.43. The van der Waals surface area contributed by atoms with Crippen molar-refractivity contribution in [2.24, 2.45) is 5.41 Å². The summed E-state index contributed by atoms with van der Waals surface area (Å²) < 4.78 is 22.2. The number of rotatable bonds is 6. The predicted octanol–water partition coefficient (Wildman–Crippen LogP) is 3.50. The first-order chi connectivity index (χ1) is 19.7. The van der Waals surface area contributed by atoms with Gasteiger partial charge in [-0.1, -0.05) is 13.0 Å². The molecule has 0 atom stereocenters. The first-order valence-electron chi connectivity index (χ1n) is 14.0. The molecule has 1 aliphatic carbocycles. The van der Waals surface area contributed by atoms with Crippen molar-refractivity contribution in [3.05, 3.63) is 77.4 Å². The van der Waals surface area contributed by atoms with Gasteiger partial charge in [-0.15, -0.1) is 0 Å². The lowest BCUT2D eigenvalue weighted by molar-refractivity contribution is -0.148. The predicted molar refractivity (Wildman–Crippen MR) is 149 cm³/mol. The summed E-state index contributed by atoms with van der Waals surface area (Å²) in [5.74, 6) is 0.358. The summed E-state index contributed by atoms with van der Waals surface area (Å²) in [6, 6.07) is 11.4.